The summed E-state index contributed by atoms with van der Waals surface area (Å²) in [5.74, 6) is 0.767. The van der Waals surface area contributed by atoms with Gasteiger partial charge in [0.2, 0.25) is 5.91 Å². The fourth-order valence-corrected chi connectivity index (χ4v) is 1.33. The van der Waals surface area contributed by atoms with Crippen molar-refractivity contribution in [3.05, 3.63) is 35.9 Å². The minimum Gasteiger partial charge on any atom is -0.497 e. The maximum atomic E-state index is 11.4. The first-order valence-electron chi connectivity index (χ1n) is 5.86. The van der Waals surface area contributed by atoms with Crippen LogP contribution < -0.4 is 10.1 Å². The zero-order chi connectivity index (χ0) is 12.5. The maximum Gasteiger partial charge on any atom is 0.243 e. The minimum absolute atomic E-state index is 0.0470. The third kappa shape index (κ3) is 5.20. The van der Waals surface area contributed by atoms with E-state index in [1.807, 2.05) is 24.3 Å². The van der Waals surface area contributed by atoms with Crippen LogP contribution in [0.3, 0.4) is 0 Å². The van der Waals surface area contributed by atoms with E-state index in [9.17, 15) is 4.79 Å². The Balaban J connectivity index is 2.43. The van der Waals surface area contributed by atoms with Crippen LogP contribution in [0, 0.1) is 0 Å². The van der Waals surface area contributed by atoms with E-state index in [1.165, 1.54) is 0 Å². The zero-order valence-corrected chi connectivity index (χ0v) is 10.4. The number of carbonyl (C=O) groups excluding carboxylic acids is 1. The highest BCUT2D eigenvalue weighted by Crippen LogP contribution is 2.12. The van der Waals surface area contributed by atoms with Gasteiger partial charge in [0.15, 0.2) is 0 Å². The highest BCUT2D eigenvalue weighted by molar-refractivity contribution is 5.91. The van der Waals surface area contributed by atoms with E-state index < -0.39 is 0 Å². The van der Waals surface area contributed by atoms with E-state index in [2.05, 4.69) is 12.2 Å². The Morgan fingerprint density at radius 3 is 2.65 bits per heavy atom. The van der Waals surface area contributed by atoms with Crippen LogP contribution >= 0.6 is 0 Å². The number of unbranched alkanes of at least 4 members (excludes halogenated alkanes) is 1. The summed E-state index contributed by atoms with van der Waals surface area (Å²) in [5.41, 5.74) is 0.983. The van der Waals surface area contributed by atoms with Crippen molar-refractivity contribution < 1.29 is 9.53 Å². The summed E-state index contributed by atoms with van der Waals surface area (Å²) in [6.45, 7) is 2.83. The van der Waals surface area contributed by atoms with Crippen molar-refractivity contribution in [3.63, 3.8) is 0 Å². The molecule has 0 aliphatic heterocycles. The first-order valence-corrected chi connectivity index (χ1v) is 5.86. The lowest BCUT2D eigenvalue weighted by Crippen LogP contribution is -2.21. The molecule has 3 nitrogen and oxygen atoms in total. The Morgan fingerprint density at radius 1 is 1.35 bits per heavy atom. The predicted molar refractivity (Wildman–Crippen MR) is 69.9 cm³/mol. The molecule has 0 fully saturated rings. The summed E-state index contributed by atoms with van der Waals surface area (Å²) < 4.78 is 5.06. The molecule has 3 heteroatoms. The van der Waals surface area contributed by atoms with Gasteiger partial charge in [-0.2, -0.15) is 0 Å². The molecule has 1 amide bonds. The zero-order valence-electron chi connectivity index (χ0n) is 10.4. The molecule has 0 aromatic heterocycles. The van der Waals surface area contributed by atoms with Crippen LogP contribution in [0.15, 0.2) is 30.3 Å². The molecule has 0 aliphatic carbocycles. The molecule has 0 radical (unpaired) electrons. The van der Waals surface area contributed by atoms with Gasteiger partial charge in [-0.25, -0.2) is 0 Å². The normalized spacial score (nSPS) is 10.5. The van der Waals surface area contributed by atoms with Crippen LogP contribution in [0.5, 0.6) is 5.75 Å². The van der Waals surface area contributed by atoms with Gasteiger partial charge < -0.3 is 10.1 Å². The lowest BCUT2D eigenvalue weighted by Gasteiger charge is -2.00. The van der Waals surface area contributed by atoms with Crippen LogP contribution in [-0.4, -0.2) is 19.6 Å². The van der Waals surface area contributed by atoms with Gasteiger partial charge in [0.05, 0.1) is 7.11 Å². The van der Waals surface area contributed by atoms with E-state index in [0.29, 0.717) is 0 Å². The molecule has 0 saturated heterocycles. The number of nitrogens with one attached hydrogen (secondary N) is 1. The fraction of sp³-hybridized carbons (Fsp3) is 0.357. The number of ether oxygens (including phenoxy) is 1. The number of methoxy groups -OCH3 is 1. The van der Waals surface area contributed by atoms with E-state index >= 15 is 0 Å². The van der Waals surface area contributed by atoms with Crippen LogP contribution in [0.4, 0.5) is 0 Å². The quantitative estimate of drug-likeness (QED) is 0.606. The number of hydrogen-bond donors (Lipinski definition) is 1. The molecule has 0 heterocycles. The molecule has 0 spiro atoms. The van der Waals surface area contributed by atoms with Crippen molar-refractivity contribution in [2.24, 2.45) is 0 Å². The molecular weight excluding hydrogens is 214 g/mol. The second-order valence-corrected chi connectivity index (χ2v) is 3.75. The van der Waals surface area contributed by atoms with Crippen LogP contribution in [-0.2, 0) is 4.79 Å². The van der Waals surface area contributed by atoms with Crippen molar-refractivity contribution in [1.82, 2.24) is 5.32 Å². The molecular formula is C14H19NO2. The first-order chi connectivity index (χ1) is 8.26. The monoisotopic (exact) mass is 233 g/mol. The lowest BCUT2D eigenvalue weighted by molar-refractivity contribution is -0.116. The van der Waals surface area contributed by atoms with Crippen LogP contribution in [0.2, 0.25) is 0 Å². The smallest absolute Gasteiger partial charge is 0.243 e. The van der Waals surface area contributed by atoms with Crippen LogP contribution in [0.25, 0.3) is 6.08 Å². The lowest BCUT2D eigenvalue weighted by atomic mass is 10.2. The average Bonchev–Trinajstić information content (AvgIpc) is 2.37. The Bertz CT molecular complexity index is 368. The van der Waals surface area contributed by atoms with Gasteiger partial charge in [-0.15, -0.1) is 0 Å². The molecule has 0 unspecified atom stereocenters. The third-order valence-corrected chi connectivity index (χ3v) is 2.37. The number of amides is 1. The number of rotatable bonds is 6. The Kier molecular flexibility index (Phi) is 5.86. The molecule has 0 aliphatic rings. The summed E-state index contributed by atoms with van der Waals surface area (Å²) >= 11 is 0. The van der Waals surface area contributed by atoms with Gasteiger partial charge in [-0.05, 0) is 30.2 Å². The molecule has 92 valence electrons. The van der Waals surface area contributed by atoms with Gasteiger partial charge in [-0.1, -0.05) is 25.5 Å². The molecule has 1 aromatic carbocycles. The molecule has 1 rings (SSSR count). The second-order valence-electron chi connectivity index (χ2n) is 3.75. The van der Waals surface area contributed by atoms with Crippen molar-refractivity contribution >= 4 is 12.0 Å². The molecule has 1 aromatic rings. The van der Waals surface area contributed by atoms with Gasteiger partial charge in [0.25, 0.3) is 0 Å². The van der Waals surface area contributed by atoms with Crippen LogP contribution in [0.1, 0.15) is 25.3 Å². The highest BCUT2D eigenvalue weighted by Gasteiger charge is 1.94. The molecule has 0 bridgehead atoms. The molecule has 0 atom stereocenters. The maximum absolute atomic E-state index is 11.4. The molecule has 0 saturated carbocycles. The predicted octanol–water partition coefficient (Wildman–Crippen LogP) is 2.62. The fourth-order valence-electron chi connectivity index (χ4n) is 1.33. The average molecular weight is 233 g/mol. The molecule has 17 heavy (non-hydrogen) atoms. The van der Waals surface area contributed by atoms with E-state index in [1.54, 1.807) is 19.3 Å². The Morgan fingerprint density at radius 2 is 2.06 bits per heavy atom. The number of hydrogen-bond acceptors (Lipinski definition) is 2. The summed E-state index contributed by atoms with van der Waals surface area (Å²) in [4.78, 5) is 11.4. The van der Waals surface area contributed by atoms with E-state index in [0.717, 1.165) is 30.7 Å². The molecule has 1 N–H and O–H groups in total. The summed E-state index contributed by atoms with van der Waals surface area (Å²) in [7, 11) is 1.63. The Labute approximate surface area is 102 Å². The van der Waals surface area contributed by atoms with Crippen molar-refractivity contribution in [2.45, 2.75) is 19.8 Å². The SMILES string of the molecule is CCCCNC(=O)/C=C/c1ccc(OC)cc1. The van der Waals surface area contributed by atoms with E-state index in [4.69, 9.17) is 4.74 Å². The second kappa shape index (κ2) is 7.49. The Hall–Kier alpha value is -1.77. The summed E-state index contributed by atoms with van der Waals surface area (Å²) in [6.07, 6.45) is 5.45. The van der Waals surface area contributed by atoms with Crippen molar-refractivity contribution in [2.75, 3.05) is 13.7 Å². The van der Waals surface area contributed by atoms with Gasteiger partial charge in [-0.3, -0.25) is 4.79 Å². The van der Waals surface area contributed by atoms with Gasteiger partial charge in [0.1, 0.15) is 5.75 Å². The first kappa shape index (κ1) is 13.3. The van der Waals surface area contributed by atoms with E-state index in [-0.39, 0.29) is 5.91 Å². The topological polar surface area (TPSA) is 38.3 Å². The highest BCUT2D eigenvalue weighted by atomic mass is 16.5. The minimum atomic E-state index is -0.0470. The van der Waals surface area contributed by atoms with Crippen molar-refractivity contribution in [3.8, 4) is 5.75 Å². The largest absolute Gasteiger partial charge is 0.497 e. The summed E-state index contributed by atoms with van der Waals surface area (Å²) in [6, 6.07) is 7.56. The van der Waals surface area contributed by atoms with Crippen molar-refractivity contribution in [1.29, 1.82) is 0 Å². The van der Waals surface area contributed by atoms with Gasteiger partial charge in [0, 0.05) is 12.6 Å². The summed E-state index contributed by atoms with van der Waals surface area (Å²) in [5, 5.41) is 2.83. The third-order valence-electron chi connectivity index (χ3n) is 2.37. The standard InChI is InChI=1S/C14H19NO2/c1-3-4-11-15-14(16)10-7-12-5-8-13(17-2)9-6-12/h5-10H,3-4,11H2,1-2H3,(H,15,16)/b10-7+. The van der Waals surface area contributed by atoms with Gasteiger partial charge >= 0.3 is 0 Å². The number of benzene rings is 1. The number of carbonyl (C=O) groups is 1.